The quantitative estimate of drug-likeness (QED) is 0.554. The molecular formula is C19H14F2N4O3. The van der Waals surface area contributed by atoms with Crippen molar-refractivity contribution in [1.29, 1.82) is 0 Å². The number of nitrogens with one attached hydrogen (secondary N) is 2. The Hall–Kier alpha value is -3.75. The van der Waals surface area contributed by atoms with Crippen molar-refractivity contribution < 1.29 is 18.3 Å². The summed E-state index contributed by atoms with van der Waals surface area (Å²) in [5.74, 6) is -0.383. The fourth-order valence-corrected chi connectivity index (χ4v) is 2.91. The van der Waals surface area contributed by atoms with E-state index < -0.39 is 12.5 Å². The number of para-hydroxylation sites is 1. The van der Waals surface area contributed by atoms with Crippen LogP contribution >= 0.6 is 0 Å². The summed E-state index contributed by atoms with van der Waals surface area (Å²) in [6.45, 7) is -2.72. The Balaban J connectivity index is 1.55. The van der Waals surface area contributed by atoms with Crippen LogP contribution in [0.15, 0.2) is 59.5 Å². The van der Waals surface area contributed by atoms with Crippen molar-refractivity contribution in [3.63, 3.8) is 0 Å². The summed E-state index contributed by atoms with van der Waals surface area (Å²) >= 11 is 0. The van der Waals surface area contributed by atoms with Crippen LogP contribution < -0.4 is 15.6 Å². The maximum atomic E-state index is 12.5. The highest BCUT2D eigenvalue weighted by atomic mass is 19.3. The minimum Gasteiger partial charge on any atom is -0.435 e. The molecule has 2 N–H and O–H groups in total. The van der Waals surface area contributed by atoms with E-state index in [2.05, 4.69) is 20.1 Å². The highest BCUT2D eigenvalue weighted by molar-refractivity contribution is 6.00. The summed E-state index contributed by atoms with van der Waals surface area (Å²) in [5.41, 5.74) is 1.50. The molecule has 1 amide bonds. The van der Waals surface area contributed by atoms with Crippen molar-refractivity contribution in [3.8, 4) is 5.75 Å². The Labute approximate surface area is 156 Å². The molecule has 0 aliphatic heterocycles. The first-order valence-electron chi connectivity index (χ1n) is 8.33. The van der Waals surface area contributed by atoms with E-state index >= 15 is 0 Å². The van der Waals surface area contributed by atoms with E-state index in [4.69, 9.17) is 0 Å². The highest BCUT2D eigenvalue weighted by Crippen LogP contribution is 2.16. The minimum atomic E-state index is -2.89. The number of rotatable bonds is 5. The maximum Gasteiger partial charge on any atom is 0.387 e. The Morgan fingerprint density at radius 3 is 2.68 bits per heavy atom. The molecule has 0 radical (unpaired) electrons. The molecule has 0 unspecified atom stereocenters. The lowest BCUT2D eigenvalue weighted by Gasteiger charge is -2.07. The van der Waals surface area contributed by atoms with E-state index in [9.17, 15) is 18.4 Å². The molecule has 28 heavy (non-hydrogen) atoms. The van der Waals surface area contributed by atoms with E-state index in [0.29, 0.717) is 22.1 Å². The number of alkyl halides is 2. The predicted molar refractivity (Wildman–Crippen MR) is 97.6 cm³/mol. The zero-order chi connectivity index (χ0) is 19.7. The van der Waals surface area contributed by atoms with Crippen LogP contribution in [0.1, 0.15) is 15.9 Å². The Morgan fingerprint density at radius 1 is 1.18 bits per heavy atom. The van der Waals surface area contributed by atoms with E-state index in [1.54, 1.807) is 36.4 Å². The standard InChI is InChI=1S/C19H14F2N4O3/c20-19(21)28-12-7-5-11(6-8-12)9-22-17(26)14-10-23-25-15-4-2-1-3-13(15)18(27)24-16(14)25/h1-8,10,19H,9H2,(H,22,26)(H,24,27). The van der Waals surface area contributed by atoms with Gasteiger partial charge in [0.05, 0.1) is 17.1 Å². The van der Waals surface area contributed by atoms with Gasteiger partial charge in [-0.15, -0.1) is 0 Å². The van der Waals surface area contributed by atoms with Gasteiger partial charge in [0.15, 0.2) is 0 Å². The van der Waals surface area contributed by atoms with Gasteiger partial charge in [-0.25, -0.2) is 4.52 Å². The monoisotopic (exact) mass is 384 g/mol. The van der Waals surface area contributed by atoms with Crippen LogP contribution in [-0.2, 0) is 6.54 Å². The van der Waals surface area contributed by atoms with Crippen LogP contribution in [0, 0.1) is 0 Å². The van der Waals surface area contributed by atoms with Crippen molar-refractivity contribution in [1.82, 2.24) is 19.9 Å². The topological polar surface area (TPSA) is 88.5 Å². The summed E-state index contributed by atoms with van der Waals surface area (Å²) < 4.78 is 30.1. The molecule has 0 aliphatic rings. The predicted octanol–water partition coefficient (Wildman–Crippen LogP) is 2.71. The van der Waals surface area contributed by atoms with Crippen molar-refractivity contribution >= 4 is 22.5 Å². The molecule has 2 aromatic heterocycles. The van der Waals surface area contributed by atoms with Crippen LogP contribution in [0.3, 0.4) is 0 Å². The molecule has 2 aromatic carbocycles. The van der Waals surface area contributed by atoms with Crippen LogP contribution in [0.5, 0.6) is 5.75 Å². The lowest BCUT2D eigenvalue weighted by Crippen LogP contribution is -2.23. The van der Waals surface area contributed by atoms with Crippen LogP contribution in [0.2, 0.25) is 0 Å². The van der Waals surface area contributed by atoms with Crippen LogP contribution in [0.25, 0.3) is 16.6 Å². The van der Waals surface area contributed by atoms with Gasteiger partial charge in [-0.2, -0.15) is 13.9 Å². The van der Waals surface area contributed by atoms with Gasteiger partial charge in [0, 0.05) is 6.54 Å². The number of fused-ring (bicyclic) bond motifs is 3. The fraction of sp³-hybridized carbons (Fsp3) is 0.105. The van der Waals surface area contributed by atoms with Crippen molar-refractivity contribution in [2.75, 3.05) is 0 Å². The molecule has 0 saturated heterocycles. The maximum absolute atomic E-state index is 12.5. The number of aromatic amines is 1. The van der Waals surface area contributed by atoms with E-state index in [1.165, 1.54) is 22.8 Å². The molecule has 0 bridgehead atoms. The van der Waals surface area contributed by atoms with Crippen LogP contribution in [-0.4, -0.2) is 27.1 Å². The summed E-state index contributed by atoms with van der Waals surface area (Å²) in [4.78, 5) is 27.5. The molecule has 0 fully saturated rings. The average Bonchev–Trinajstić information content (AvgIpc) is 3.11. The second-order valence-electron chi connectivity index (χ2n) is 6.00. The number of carbonyl (C=O) groups excluding carboxylic acids is 1. The van der Waals surface area contributed by atoms with E-state index in [1.807, 2.05) is 0 Å². The number of nitrogens with zero attached hydrogens (tertiary/aromatic N) is 2. The van der Waals surface area contributed by atoms with Crippen molar-refractivity contribution in [2.24, 2.45) is 0 Å². The largest absolute Gasteiger partial charge is 0.435 e. The van der Waals surface area contributed by atoms with Gasteiger partial charge in [-0.1, -0.05) is 24.3 Å². The number of halogens is 2. The van der Waals surface area contributed by atoms with E-state index in [-0.39, 0.29) is 23.4 Å². The van der Waals surface area contributed by atoms with Gasteiger partial charge < -0.3 is 15.0 Å². The third-order valence-corrected chi connectivity index (χ3v) is 4.22. The summed E-state index contributed by atoms with van der Waals surface area (Å²) in [5, 5.41) is 7.39. The van der Waals surface area contributed by atoms with Gasteiger partial charge >= 0.3 is 6.61 Å². The second-order valence-corrected chi connectivity index (χ2v) is 6.00. The molecule has 0 saturated carbocycles. The first-order chi connectivity index (χ1) is 13.5. The summed E-state index contributed by atoms with van der Waals surface area (Å²) in [6, 6.07) is 12.9. The molecule has 0 spiro atoms. The molecule has 0 aliphatic carbocycles. The smallest absolute Gasteiger partial charge is 0.387 e. The zero-order valence-corrected chi connectivity index (χ0v) is 14.4. The molecule has 0 atom stereocenters. The fourth-order valence-electron chi connectivity index (χ4n) is 2.91. The first-order valence-corrected chi connectivity index (χ1v) is 8.33. The number of benzene rings is 2. The lowest BCUT2D eigenvalue weighted by atomic mass is 10.2. The number of hydrogen-bond donors (Lipinski definition) is 2. The molecule has 142 valence electrons. The number of hydrogen-bond acceptors (Lipinski definition) is 4. The second kappa shape index (κ2) is 7.10. The van der Waals surface area contributed by atoms with Gasteiger partial charge in [-0.05, 0) is 29.8 Å². The molecule has 2 heterocycles. The highest BCUT2D eigenvalue weighted by Gasteiger charge is 2.16. The zero-order valence-electron chi connectivity index (χ0n) is 14.4. The Morgan fingerprint density at radius 2 is 1.93 bits per heavy atom. The molecular weight excluding hydrogens is 370 g/mol. The Bertz CT molecular complexity index is 1220. The van der Waals surface area contributed by atoms with Gasteiger partial charge in [0.25, 0.3) is 11.5 Å². The van der Waals surface area contributed by atoms with E-state index in [0.717, 1.165) is 0 Å². The molecule has 9 heteroatoms. The number of amides is 1. The SMILES string of the molecule is O=C(NCc1ccc(OC(F)F)cc1)c1cnn2c1[nH]c(=O)c1ccccc12. The van der Waals surface area contributed by atoms with Crippen molar-refractivity contribution in [2.45, 2.75) is 13.2 Å². The summed E-state index contributed by atoms with van der Waals surface area (Å²) in [6.07, 6.45) is 1.38. The minimum absolute atomic E-state index is 0.0390. The number of H-pyrrole nitrogens is 1. The van der Waals surface area contributed by atoms with Gasteiger partial charge in [-0.3, -0.25) is 9.59 Å². The lowest BCUT2D eigenvalue weighted by molar-refractivity contribution is -0.0498. The number of ether oxygens (including phenoxy) is 1. The molecule has 4 aromatic rings. The van der Waals surface area contributed by atoms with Crippen molar-refractivity contribution in [3.05, 3.63) is 76.2 Å². The van der Waals surface area contributed by atoms with Gasteiger partial charge in [0.2, 0.25) is 0 Å². The Kier molecular flexibility index (Phi) is 4.48. The molecule has 7 nitrogen and oxygen atoms in total. The first kappa shape index (κ1) is 17.7. The van der Waals surface area contributed by atoms with Gasteiger partial charge in [0.1, 0.15) is 17.0 Å². The third-order valence-electron chi connectivity index (χ3n) is 4.22. The molecule has 4 rings (SSSR count). The normalized spacial score (nSPS) is 11.2. The summed E-state index contributed by atoms with van der Waals surface area (Å²) in [7, 11) is 0. The third kappa shape index (κ3) is 3.29. The number of carbonyl (C=O) groups is 1. The average molecular weight is 384 g/mol. The van der Waals surface area contributed by atoms with Crippen LogP contribution in [0.4, 0.5) is 8.78 Å². The number of aromatic nitrogens is 3.